The highest BCUT2D eigenvalue weighted by Crippen LogP contribution is 2.23. The Balaban J connectivity index is 2.08. The molecule has 0 aromatic heterocycles. The Morgan fingerprint density at radius 1 is 1.24 bits per heavy atom. The molecule has 0 radical (unpaired) electrons. The molecule has 0 bridgehead atoms. The van der Waals surface area contributed by atoms with Crippen LogP contribution in [0.2, 0.25) is 0 Å². The van der Waals surface area contributed by atoms with Crippen molar-refractivity contribution in [3.05, 3.63) is 41.5 Å². The predicted octanol–water partition coefficient (Wildman–Crippen LogP) is 3.42. The van der Waals surface area contributed by atoms with Crippen LogP contribution in [-0.2, 0) is 20.0 Å². The molecule has 1 atom stereocenters. The molecule has 1 unspecified atom stereocenters. The van der Waals surface area contributed by atoms with Gasteiger partial charge in [0.05, 0.1) is 11.5 Å². The van der Waals surface area contributed by atoms with Crippen LogP contribution >= 0.6 is 0 Å². The summed E-state index contributed by atoms with van der Waals surface area (Å²) in [6.45, 7) is 9.09. The summed E-state index contributed by atoms with van der Waals surface area (Å²) in [6.07, 6.45) is 4.73. The van der Waals surface area contributed by atoms with Crippen molar-refractivity contribution in [2.24, 2.45) is 0 Å². The fourth-order valence-corrected chi connectivity index (χ4v) is 4.82. The smallest absolute Gasteiger partial charge is 0.246 e. The van der Waals surface area contributed by atoms with Gasteiger partial charge in [0.1, 0.15) is 0 Å². The van der Waals surface area contributed by atoms with Crippen LogP contribution in [0.3, 0.4) is 0 Å². The molecule has 1 aromatic rings. The summed E-state index contributed by atoms with van der Waals surface area (Å²) in [6, 6.07) is 7.99. The monoisotopic (exact) mass is 363 g/mol. The number of sulfone groups is 1. The Kier molecular flexibility index (Phi) is 6.09. The minimum atomic E-state index is -3.00. The number of hydrogen-bond acceptors (Lipinski definition) is 3. The van der Waals surface area contributed by atoms with Crippen molar-refractivity contribution in [3.63, 3.8) is 0 Å². The third-order valence-corrected chi connectivity index (χ3v) is 6.34. The minimum Gasteiger partial charge on any atom is -0.335 e. The third kappa shape index (κ3) is 5.43. The molecule has 0 N–H and O–H groups in total. The normalized spacial score (nSPS) is 20.1. The minimum absolute atomic E-state index is 0.0901. The quantitative estimate of drug-likeness (QED) is 0.753. The van der Waals surface area contributed by atoms with Gasteiger partial charge in [0, 0.05) is 18.7 Å². The number of carbonyl (C=O) groups is 1. The molecule has 25 heavy (non-hydrogen) atoms. The molecule has 2 rings (SSSR count). The van der Waals surface area contributed by atoms with Crippen molar-refractivity contribution < 1.29 is 13.2 Å². The lowest BCUT2D eigenvalue weighted by Crippen LogP contribution is -2.40. The summed E-state index contributed by atoms with van der Waals surface area (Å²) >= 11 is 0. The Labute approximate surface area is 151 Å². The van der Waals surface area contributed by atoms with Gasteiger partial charge in [-0.05, 0) is 35.5 Å². The molecular weight excluding hydrogens is 334 g/mol. The van der Waals surface area contributed by atoms with E-state index in [4.69, 9.17) is 0 Å². The van der Waals surface area contributed by atoms with Crippen LogP contribution in [0.1, 0.15) is 51.7 Å². The molecule has 1 aromatic carbocycles. The first kappa shape index (κ1) is 19.7. The molecule has 5 heteroatoms. The molecule has 0 spiro atoms. The van der Waals surface area contributed by atoms with Gasteiger partial charge in [0.25, 0.3) is 0 Å². The van der Waals surface area contributed by atoms with Crippen molar-refractivity contribution >= 4 is 21.8 Å². The highest BCUT2D eigenvalue weighted by atomic mass is 32.2. The van der Waals surface area contributed by atoms with E-state index in [-0.39, 0.29) is 28.9 Å². The van der Waals surface area contributed by atoms with E-state index in [9.17, 15) is 13.2 Å². The average Bonchev–Trinajstić information content (AvgIpc) is 2.89. The summed E-state index contributed by atoms with van der Waals surface area (Å²) in [5.41, 5.74) is 2.32. The zero-order valence-electron chi connectivity index (χ0n) is 15.7. The molecule has 1 aliphatic rings. The Morgan fingerprint density at radius 2 is 1.88 bits per heavy atom. The molecule has 1 amide bonds. The van der Waals surface area contributed by atoms with E-state index in [1.54, 1.807) is 17.1 Å². The van der Waals surface area contributed by atoms with Gasteiger partial charge in [-0.1, -0.05) is 52.0 Å². The third-order valence-electron chi connectivity index (χ3n) is 4.59. The molecule has 1 heterocycles. The average molecular weight is 364 g/mol. The second-order valence-corrected chi connectivity index (χ2v) is 10.0. The maximum atomic E-state index is 12.6. The zero-order valence-corrected chi connectivity index (χ0v) is 16.5. The fraction of sp³-hybridized carbons (Fsp3) is 0.550. The molecule has 1 fully saturated rings. The van der Waals surface area contributed by atoms with E-state index in [0.717, 1.165) is 12.0 Å². The lowest BCUT2D eigenvalue weighted by Gasteiger charge is -2.26. The van der Waals surface area contributed by atoms with Crippen LogP contribution < -0.4 is 0 Å². The van der Waals surface area contributed by atoms with Gasteiger partial charge in [0.2, 0.25) is 5.91 Å². The van der Waals surface area contributed by atoms with Crippen LogP contribution in [-0.4, -0.2) is 43.3 Å². The van der Waals surface area contributed by atoms with Gasteiger partial charge in [-0.15, -0.1) is 0 Å². The van der Waals surface area contributed by atoms with Gasteiger partial charge in [-0.2, -0.15) is 0 Å². The lowest BCUT2D eigenvalue weighted by molar-refractivity contribution is -0.127. The number of amides is 1. The Hall–Kier alpha value is -1.62. The topological polar surface area (TPSA) is 54.5 Å². The predicted molar refractivity (Wildman–Crippen MR) is 103 cm³/mol. The Bertz CT molecular complexity index is 727. The van der Waals surface area contributed by atoms with Gasteiger partial charge < -0.3 is 4.90 Å². The number of carbonyl (C=O) groups excluding carboxylic acids is 1. The van der Waals surface area contributed by atoms with Gasteiger partial charge in [0.15, 0.2) is 9.84 Å². The van der Waals surface area contributed by atoms with E-state index >= 15 is 0 Å². The second kappa shape index (κ2) is 7.73. The van der Waals surface area contributed by atoms with Crippen LogP contribution in [0.4, 0.5) is 0 Å². The second-order valence-electron chi connectivity index (χ2n) is 7.79. The summed E-state index contributed by atoms with van der Waals surface area (Å²) in [5.74, 6) is 0.166. The fourth-order valence-electron chi connectivity index (χ4n) is 3.09. The first-order valence-electron chi connectivity index (χ1n) is 8.92. The van der Waals surface area contributed by atoms with Crippen LogP contribution in [0.15, 0.2) is 30.3 Å². The number of rotatable bonds is 5. The summed E-state index contributed by atoms with van der Waals surface area (Å²) < 4.78 is 23.4. The first-order valence-corrected chi connectivity index (χ1v) is 10.7. The maximum Gasteiger partial charge on any atom is 0.246 e. The number of nitrogens with zero attached hydrogens (tertiary/aromatic N) is 1. The van der Waals surface area contributed by atoms with E-state index in [1.807, 2.05) is 19.1 Å². The zero-order chi connectivity index (χ0) is 18.7. The summed E-state index contributed by atoms with van der Waals surface area (Å²) in [4.78, 5) is 14.3. The molecule has 138 valence electrons. The van der Waals surface area contributed by atoms with E-state index in [0.29, 0.717) is 13.0 Å². The van der Waals surface area contributed by atoms with Crippen LogP contribution in [0.25, 0.3) is 6.08 Å². The van der Waals surface area contributed by atoms with Crippen LogP contribution in [0.5, 0.6) is 0 Å². The van der Waals surface area contributed by atoms with Gasteiger partial charge >= 0.3 is 0 Å². The first-order chi connectivity index (χ1) is 11.6. The van der Waals surface area contributed by atoms with E-state index in [2.05, 4.69) is 32.9 Å². The SMILES string of the molecule is CCCN(C(=O)C=Cc1ccc(C(C)(C)C)cc1)C1CCS(=O)(=O)C1. The molecule has 0 saturated carbocycles. The molecule has 4 nitrogen and oxygen atoms in total. The van der Waals surface area contributed by atoms with Crippen molar-refractivity contribution in [1.29, 1.82) is 0 Å². The largest absolute Gasteiger partial charge is 0.335 e. The van der Waals surface area contributed by atoms with E-state index in [1.165, 1.54) is 5.56 Å². The van der Waals surface area contributed by atoms with Gasteiger partial charge in [-0.3, -0.25) is 4.79 Å². The molecular formula is C20H29NO3S. The Morgan fingerprint density at radius 3 is 2.36 bits per heavy atom. The van der Waals surface area contributed by atoms with E-state index < -0.39 is 9.84 Å². The highest BCUT2D eigenvalue weighted by molar-refractivity contribution is 7.91. The van der Waals surface area contributed by atoms with Crippen LogP contribution in [0, 0.1) is 0 Å². The van der Waals surface area contributed by atoms with Gasteiger partial charge in [-0.25, -0.2) is 8.42 Å². The molecule has 1 saturated heterocycles. The van der Waals surface area contributed by atoms with Crippen molar-refractivity contribution in [2.45, 2.75) is 52.0 Å². The highest BCUT2D eigenvalue weighted by Gasteiger charge is 2.33. The maximum absolute atomic E-state index is 12.6. The van der Waals surface area contributed by atoms with Crippen molar-refractivity contribution in [3.8, 4) is 0 Å². The standard InChI is InChI=1S/C20H29NO3S/c1-5-13-21(18-12-14-25(23,24)15-18)19(22)11-8-16-6-9-17(10-7-16)20(2,3)4/h6-11,18H,5,12-15H2,1-4H3. The molecule has 1 aliphatic heterocycles. The summed E-state index contributed by atoms with van der Waals surface area (Å²) in [7, 11) is -3.00. The summed E-state index contributed by atoms with van der Waals surface area (Å²) in [5, 5.41) is 0. The van der Waals surface area contributed by atoms with Crippen molar-refractivity contribution in [2.75, 3.05) is 18.1 Å². The molecule has 0 aliphatic carbocycles. The van der Waals surface area contributed by atoms with Crippen molar-refractivity contribution in [1.82, 2.24) is 4.90 Å². The number of hydrogen-bond donors (Lipinski definition) is 0. The number of benzene rings is 1. The lowest BCUT2D eigenvalue weighted by atomic mass is 9.87.